The number of carbonyl (C=O) groups is 1. The maximum absolute atomic E-state index is 12.2. The number of hydrogen-bond acceptors (Lipinski definition) is 2. The topological polar surface area (TPSA) is 26.3 Å². The summed E-state index contributed by atoms with van der Waals surface area (Å²) in [6.45, 7) is 2.13. The van der Waals surface area contributed by atoms with Gasteiger partial charge in [-0.25, -0.2) is 0 Å². The Balaban J connectivity index is 1.82. The minimum atomic E-state index is -0.217. The molecule has 3 aliphatic carbocycles. The van der Waals surface area contributed by atoms with Crippen LogP contribution in [0.15, 0.2) is 35.4 Å². The number of ketones is 1. The lowest BCUT2D eigenvalue weighted by atomic mass is 9.70. The van der Waals surface area contributed by atoms with Crippen LogP contribution in [-0.2, 0) is 11.2 Å². The second kappa shape index (κ2) is 3.85. The van der Waals surface area contributed by atoms with Crippen LogP contribution in [-0.4, -0.2) is 12.9 Å². The van der Waals surface area contributed by atoms with Gasteiger partial charge in [-0.1, -0.05) is 12.1 Å². The van der Waals surface area contributed by atoms with Crippen molar-refractivity contribution in [3.05, 3.63) is 46.5 Å². The third kappa shape index (κ3) is 1.37. The van der Waals surface area contributed by atoms with Crippen LogP contribution in [0.3, 0.4) is 0 Å². The molecule has 0 amide bonds. The fraction of sp³-hybridized carbons (Fsp3) is 0.389. The van der Waals surface area contributed by atoms with Gasteiger partial charge in [0.25, 0.3) is 0 Å². The molecule has 0 saturated carbocycles. The van der Waals surface area contributed by atoms with Gasteiger partial charge in [0.15, 0.2) is 0 Å². The monoisotopic (exact) mass is 266 g/mol. The van der Waals surface area contributed by atoms with Gasteiger partial charge >= 0.3 is 0 Å². The summed E-state index contributed by atoms with van der Waals surface area (Å²) in [4.78, 5) is 12.2. The van der Waals surface area contributed by atoms with Crippen LogP contribution in [0.1, 0.15) is 37.3 Å². The van der Waals surface area contributed by atoms with Crippen LogP contribution in [0.2, 0.25) is 0 Å². The molecule has 2 nitrogen and oxygen atoms in total. The molecule has 1 aromatic rings. The van der Waals surface area contributed by atoms with Crippen molar-refractivity contribution in [2.24, 2.45) is 5.41 Å². The summed E-state index contributed by atoms with van der Waals surface area (Å²) in [5, 5.41) is 0. The zero-order valence-electron chi connectivity index (χ0n) is 12.0. The average molecular weight is 266 g/mol. The van der Waals surface area contributed by atoms with Crippen LogP contribution >= 0.6 is 0 Å². The van der Waals surface area contributed by atoms with Gasteiger partial charge in [-0.2, -0.15) is 0 Å². The van der Waals surface area contributed by atoms with Crippen LogP contribution < -0.4 is 4.74 Å². The van der Waals surface area contributed by atoms with Crippen LogP contribution in [0.5, 0.6) is 5.75 Å². The molecule has 4 rings (SSSR count). The molecule has 102 valence electrons. The van der Waals surface area contributed by atoms with Gasteiger partial charge in [-0.05, 0) is 66.2 Å². The molecule has 1 aromatic carbocycles. The summed E-state index contributed by atoms with van der Waals surface area (Å²) >= 11 is 0. The number of allylic oxidation sites excluding steroid dienone is 4. The van der Waals surface area contributed by atoms with Crippen molar-refractivity contribution >= 4 is 11.4 Å². The van der Waals surface area contributed by atoms with Crippen LogP contribution in [0.25, 0.3) is 5.57 Å². The number of carbonyl (C=O) groups excluding carboxylic acids is 1. The van der Waals surface area contributed by atoms with E-state index in [9.17, 15) is 4.79 Å². The van der Waals surface area contributed by atoms with Crippen molar-refractivity contribution in [3.63, 3.8) is 0 Å². The highest BCUT2D eigenvalue weighted by Gasteiger charge is 2.46. The quantitative estimate of drug-likeness (QED) is 0.774. The zero-order valence-corrected chi connectivity index (χ0v) is 12.0. The van der Waals surface area contributed by atoms with Crippen molar-refractivity contribution in [3.8, 4) is 5.75 Å². The first-order chi connectivity index (χ1) is 9.63. The van der Waals surface area contributed by atoms with E-state index < -0.39 is 0 Å². The molecule has 0 bridgehead atoms. The van der Waals surface area contributed by atoms with Gasteiger partial charge in [0.1, 0.15) is 11.5 Å². The summed E-state index contributed by atoms with van der Waals surface area (Å²) in [7, 11) is 1.71. The lowest BCUT2D eigenvalue weighted by Gasteiger charge is -2.32. The smallest absolute Gasteiger partial charge is 0.146 e. The summed E-state index contributed by atoms with van der Waals surface area (Å²) in [6, 6.07) is 6.36. The summed E-state index contributed by atoms with van der Waals surface area (Å²) in [5.74, 6) is 1.32. The first kappa shape index (κ1) is 12.0. The molecule has 0 unspecified atom stereocenters. The van der Waals surface area contributed by atoms with Crippen LogP contribution in [0, 0.1) is 5.41 Å². The van der Waals surface area contributed by atoms with Crippen LogP contribution in [0.4, 0.5) is 0 Å². The fourth-order valence-electron chi connectivity index (χ4n) is 4.04. The molecule has 0 aromatic heterocycles. The van der Waals surface area contributed by atoms with E-state index in [-0.39, 0.29) is 5.41 Å². The summed E-state index contributed by atoms with van der Waals surface area (Å²) in [6.07, 6.45) is 5.72. The van der Waals surface area contributed by atoms with Crippen molar-refractivity contribution in [1.29, 1.82) is 0 Å². The van der Waals surface area contributed by atoms with E-state index in [1.54, 1.807) is 7.11 Å². The number of fused-ring (bicyclic) bond motifs is 4. The first-order valence-electron chi connectivity index (χ1n) is 7.27. The Labute approximate surface area is 119 Å². The summed E-state index contributed by atoms with van der Waals surface area (Å²) < 4.78 is 5.33. The predicted molar refractivity (Wildman–Crippen MR) is 78.7 cm³/mol. The summed E-state index contributed by atoms with van der Waals surface area (Å²) in [5.41, 5.74) is 6.67. The number of benzene rings is 1. The average Bonchev–Trinajstić information content (AvgIpc) is 2.96. The molecular formula is C18H18O2. The normalized spacial score (nSPS) is 27.1. The van der Waals surface area contributed by atoms with Gasteiger partial charge in [-0.3, -0.25) is 4.79 Å². The van der Waals surface area contributed by atoms with Gasteiger partial charge < -0.3 is 4.74 Å². The van der Waals surface area contributed by atoms with E-state index in [1.165, 1.54) is 27.8 Å². The van der Waals surface area contributed by atoms with Gasteiger partial charge in [0.05, 0.1) is 12.5 Å². The second-order valence-electron chi connectivity index (χ2n) is 6.23. The highest BCUT2D eigenvalue weighted by atomic mass is 16.5. The van der Waals surface area contributed by atoms with E-state index in [0.29, 0.717) is 12.2 Å². The van der Waals surface area contributed by atoms with E-state index in [2.05, 4.69) is 25.1 Å². The number of Topliss-reactive ketones (excluding diaryl/α,β-unsaturated/α-hetero) is 1. The standard InChI is InChI=1S/C18H18O2/c1-18-8-7-14-13-4-3-12(20-2)9-11(13)10-15(14)16(18)5-6-17(18)19/h3-5,9H,6-8,10H2,1-2H3/t18-/m1/s1. The van der Waals surface area contributed by atoms with Gasteiger partial charge in [0.2, 0.25) is 0 Å². The molecule has 2 heteroatoms. The molecular weight excluding hydrogens is 248 g/mol. The Morgan fingerprint density at radius 1 is 1.25 bits per heavy atom. The molecule has 0 fully saturated rings. The highest BCUT2D eigenvalue weighted by Crippen LogP contribution is 2.54. The van der Waals surface area contributed by atoms with E-state index in [4.69, 9.17) is 4.74 Å². The minimum absolute atomic E-state index is 0.217. The number of ether oxygens (including phenoxy) is 1. The molecule has 0 aliphatic heterocycles. The van der Waals surface area contributed by atoms with Crippen molar-refractivity contribution < 1.29 is 9.53 Å². The van der Waals surface area contributed by atoms with Gasteiger partial charge in [-0.15, -0.1) is 0 Å². The van der Waals surface area contributed by atoms with E-state index in [1.807, 2.05) is 6.07 Å². The van der Waals surface area contributed by atoms with Crippen molar-refractivity contribution in [1.82, 2.24) is 0 Å². The van der Waals surface area contributed by atoms with E-state index >= 15 is 0 Å². The van der Waals surface area contributed by atoms with Gasteiger partial charge in [0, 0.05) is 6.42 Å². The molecule has 0 saturated heterocycles. The minimum Gasteiger partial charge on any atom is -0.497 e. The van der Waals surface area contributed by atoms with Crippen molar-refractivity contribution in [2.45, 2.75) is 32.6 Å². The molecule has 20 heavy (non-hydrogen) atoms. The third-order valence-electron chi connectivity index (χ3n) is 5.27. The Bertz CT molecular complexity index is 693. The lowest BCUT2D eigenvalue weighted by Crippen LogP contribution is -2.28. The first-order valence-corrected chi connectivity index (χ1v) is 7.27. The Kier molecular flexibility index (Phi) is 2.30. The maximum atomic E-state index is 12.2. The Hall–Kier alpha value is -1.83. The Morgan fingerprint density at radius 3 is 2.90 bits per heavy atom. The highest BCUT2D eigenvalue weighted by molar-refractivity contribution is 5.97. The number of rotatable bonds is 1. The molecule has 0 heterocycles. The largest absolute Gasteiger partial charge is 0.497 e. The van der Waals surface area contributed by atoms with E-state index in [0.717, 1.165) is 25.0 Å². The Morgan fingerprint density at radius 2 is 2.10 bits per heavy atom. The number of hydrogen-bond donors (Lipinski definition) is 0. The SMILES string of the molecule is COc1ccc2c(c1)CC1=C2CC[C@@]2(C)C(=O)CC=C12. The maximum Gasteiger partial charge on any atom is 0.146 e. The second-order valence-corrected chi connectivity index (χ2v) is 6.23. The van der Waals surface area contributed by atoms with Crippen molar-refractivity contribution in [2.75, 3.05) is 7.11 Å². The zero-order chi connectivity index (χ0) is 13.9. The molecule has 0 N–H and O–H groups in total. The lowest BCUT2D eigenvalue weighted by molar-refractivity contribution is -0.124. The molecule has 0 spiro atoms. The molecule has 3 aliphatic rings. The third-order valence-corrected chi connectivity index (χ3v) is 5.27. The fourth-order valence-corrected chi connectivity index (χ4v) is 4.04. The number of methoxy groups -OCH3 is 1. The molecule has 1 atom stereocenters. The molecule has 0 radical (unpaired) electrons. The predicted octanol–water partition coefficient (Wildman–Crippen LogP) is 3.70.